The Morgan fingerprint density at radius 3 is 2.24 bits per heavy atom. The lowest BCUT2D eigenvalue weighted by atomic mass is 10.1. The van der Waals surface area contributed by atoms with E-state index in [1.165, 1.54) is 23.9 Å². The number of nitrogens with zero attached hydrogens (tertiary/aromatic N) is 2. The molecule has 7 heteroatoms. The third-order valence-electron chi connectivity index (χ3n) is 4.68. The molecule has 0 bridgehead atoms. The summed E-state index contributed by atoms with van der Waals surface area (Å²) in [7, 11) is 2.84. The van der Waals surface area contributed by atoms with Gasteiger partial charge >= 0.3 is 11.7 Å². The summed E-state index contributed by atoms with van der Waals surface area (Å²) >= 11 is 0. The highest BCUT2D eigenvalue weighted by atomic mass is 16.5. The van der Waals surface area contributed by atoms with Gasteiger partial charge in [0.2, 0.25) is 0 Å². The van der Waals surface area contributed by atoms with Gasteiger partial charge in [0, 0.05) is 18.7 Å². The molecule has 150 valence electrons. The Hall–Kier alpha value is -3.61. The molecule has 0 saturated carbocycles. The second kappa shape index (κ2) is 9.05. The minimum Gasteiger partial charge on any atom is -0.497 e. The summed E-state index contributed by atoms with van der Waals surface area (Å²) in [6.45, 7) is 0.0851. The van der Waals surface area contributed by atoms with Crippen LogP contribution in [0.15, 0.2) is 76.4 Å². The van der Waals surface area contributed by atoms with E-state index < -0.39 is 23.3 Å². The molecule has 0 amide bonds. The van der Waals surface area contributed by atoms with E-state index >= 15 is 0 Å². The van der Waals surface area contributed by atoms with Gasteiger partial charge in [-0.2, -0.15) is 0 Å². The van der Waals surface area contributed by atoms with Gasteiger partial charge < -0.3 is 9.47 Å². The molecule has 1 aromatic heterocycles. The molecular weight excluding hydrogens is 372 g/mol. The van der Waals surface area contributed by atoms with Crippen molar-refractivity contribution in [2.75, 3.05) is 14.2 Å². The number of methoxy groups -OCH3 is 2. The predicted molar refractivity (Wildman–Crippen MR) is 108 cm³/mol. The Morgan fingerprint density at radius 2 is 1.62 bits per heavy atom. The topological polar surface area (TPSA) is 79.5 Å². The van der Waals surface area contributed by atoms with Crippen LogP contribution < -0.4 is 16.0 Å². The molecule has 29 heavy (non-hydrogen) atoms. The average molecular weight is 394 g/mol. The Balaban J connectivity index is 1.99. The summed E-state index contributed by atoms with van der Waals surface area (Å²) in [4.78, 5) is 37.8. The van der Waals surface area contributed by atoms with Gasteiger partial charge in [-0.05, 0) is 23.3 Å². The van der Waals surface area contributed by atoms with Gasteiger partial charge in [-0.25, -0.2) is 9.59 Å². The number of hydrogen-bond donors (Lipinski definition) is 0. The number of carbonyl (C=O) groups is 1. The maximum Gasteiger partial charge on any atom is 0.332 e. The Bertz CT molecular complexity index is 1080. The molecule has 2 aromatic carbocycles. The van der Waals surface area contributed by atoms with Crippen molar-refractivity contribution in [2.24, 2.45) is 0 Å². The fraction of sp³-hybridized carbons (Fsp3) is 0.227. The number of rotatable bonds is 7. The molecule has 3 rings (SSSR count). The fourth-order valence-corrected chi connectivity index (χ4v) is 3.10. The summed E-state index contributed by atoms with van der Waals surface area (Å²) in [5.41, 5.74) is 0.633. The van der Waals surface area contributed by atoms with Crippen molar-refractivity contribution in [1.29, 1.82) is 0 Å². The van der Waals surface area contributed by atoms with Crippen LogP contribution in [-0.4, -0.2) is 29.3 Å². The average Bonchev–Trinajstić information content (AvgIpc) is 2.76. The monoisotopic (exact) mass is 394 g/mol. The number of carbonyl (C=O) groups excluding carboxylic acids is 1. The lowest BCUT2D eigenvalue weighted by Crippen LogP contribution is -2.43. The second-order valence-electron chi connectivity index (χ2n) is 6.51. The van der Waals surface area contributed by atoms with Crippen LogP contribution in [0.1, 0.15) is 17.2 Å². The number of hydrogen-bond acceptors (Lipinski definition) is 5. The van der Waals surface area contributed by atoms with E-state index in [9.17, 15) is 14.4 Å². The lowest BCUT2D eigenvalue weighted by Gasteiger charge is -2.19. The zero-order valence-corrected chi connectivity index (χ0v) is 16.3. The van der Waals surface area contributed by atoms with Gasteiger partial charge in [-0.1, -0.05) is 42.5 Å². The van der Waals surface area contributed by atoms with Crippen LogP contribution in [-0.2, 0) is 22.5 Å². The standard InChI is InChI=1S/C22H22N2O5/c1-28-18-10-8-17(9-11-18)15-24-20(25)12-13-23(22(24)27)19(21(26)29-2)14-16-6-4-3-5-7-16/h3-13,19H,14-15H2,1-2H3. The predicted octanol–water partition coefficient (Wildman–Crippen LogP) is 2.02. The Morgan fingerprint density at radius 1 is 0.931 bits per heavy atom. The molecule has 0 saturated heterocycles. The van der Waals surface area contributed by atoms with E-state index in [2.05, 4.69) is 0 Å². The summed E-state index contributed by atoms with van der Waals surface area (Å²) < 4.78 is 12.4. The number of esters is 1. The van der Waals surface area contributed by atoms with Crippen molar-refractivity contribution >= 4 is 5.97 Å². The van der Waals surface area contributed by atoms with Crippen molar-refractivity contribution in [3.8, 4) is 5.75 Å². The first-order valence-electron chi connectivity index (χ1n) is 9.10. The van der Waals surface area contributed by atoms with E-state index in [1.54, 1.807) is 31.4 Å². The zero-order valence-electron chi connectivity index (χ0n) is 16.3. The van der Waals surface area contributed by atoms with E-state index in [0.29, 0.717) is 5.75 Å². The highest BCUT2D eigenvalue weighted by Gasteiger charge is 2.24. The van der Waals surface area contributed by atoms with Crippen molar-refractivity contribution in [2.45, 2.75) is 19.0 Å². The molecule has 7 nitrogen and oxygen atoms in total. The van der Waals surface area contributed by atoms with Crippen LogP contribution in [0.25, 0.3) is 0 Å². The van der Waals surface area contributed by atoms with Gasteiger partial charge in [0.25, 0.3) is 5.56 Å². The number of aromatic nitrogens is 2. The first-order chi connectivity index (χ1) is 14.0. The van der Waals surface area contributed by atoms with E-state index in [0.717, 1.165) is 15.7 Å². The van der Waals surface area contributed by atoms with Crippen molar-refractivity contribution in [3.63, 3.8) is 0 Å². The van der Waals surface area contributed by atoms with Gasteiger partial charge in [0.15, 0.2) is 0 Å². The van der Waals surface area contributed by atoms with Crippen molar-refractivity contribution in [1.82, 2.24) is 9.13 Å². The highest BCUT2D eigenvalue weighted by Crippen LogP contribution is 2.15. The molecule has 1 atom stereocenters. The lowest BCUT2D eigenvalue weighted by molar-refractivity contribution is -0.144. The van der Waals surface area contributed by atoms with Crippen molar-refractivity contribution in [3.05, 3.63) is 98.8 Å². The van der Waals surface area contributed by atoms with Crippen molar-refractivity contribution < 1.29 is 14.3 Å². The minimum atomic E-state index is -0.877. The molecule has 0 fully saturated rings. The van der Waals surface area contributed by atoms with E-state index in [4.69, 9.17) is 9.47 Å². The first-order valence-corrected chi connectivity index (χ1v) is 9.10. The van der Waals surface area contributed by atoms with Gasteiger partial charge in [-0.15, -0.1) is 0 Å². The molecule has 0 aliphatic rings. The third kappa shape index (κ3) is 4.63. The van der Waals surface area contributed by atoms with E-state index in [-0.39, 0.29) is 13.0 Å². The van der Waals surface area contributed by atoms with Crippen LogP contribution in [0.4, 0.5) is 0 Å². The summed E-state index contributed by atoms with van der Waals surface area (Å²) in [6.07, 6.45) is 1.62. The van der Waals surface area contributed by atoms with Gasteiger partial charge in [0.1, 0.15) is 11.8 Å². The SMILES string of the molecule is COC(=O)C(Cc1ccccc1)n1ccc(=O)n(Cc2ccc(OC)cc2)c1=O. The maximum absolute atomic E-state index is 13.1. The Labute approximate surface area is 167 Å². The van der Waals surface area contributed by atoms with Gasteiger partial charge in [-0.3, -0.25) is 13.9 Å². The summed E-state index contributed by atoms with van der Waals surface area (Å²) in [6, 6.07) is 16.8. The molecule has 3 aromatic rings. The van der Waals surface area contributed by atoms with Crippen LogP contribution in [0, 0.1) is 0 Å². The number of ether oxygens (including phenoxy) is 2. The van der Waals surface area contributed by atoms with Crippen LogP contribution in [0.2, 0.25) is 0 Å². The molecular formula is C22H22N2O5. The Kier molecular flexibility index (Phi) is 6.29. The van der Waals surface area contributed by atoms with E-state index in [1.807, 2.05) is 30.3 Å². The second-order valence-corrected chi connectivity index (χ2v) is 6.51. The molecule has 0 spiro atoms. The molecule has 1 heterocycles. The van der Waals surface area contributed by atoms with Crippen LogP contribution in [0.3, 0.4) is 0 Å². The van der Waals surface area contributed by atoms with Gasteiger partial charge in [0.05, 0.1) is 20.8 Å². The molecule has 0 N–H and O–H groups in total. The largest absolute Gasteiger partial charge is 0.497 e. The third-order valence-corrected chi connectivity index (χ3v) is 4.68. The molecule has 0 aliphatic heterocycles. The van der Waals surface area contributed by atoms with Crippen LogP contribution >= 0.6 is 0 Å². The highest BCUT2D eigenvalue weighted by molar-refractivity contribution is 5.74. The normalized spacial score (nSPS) is 11.7. The zero-order chi connectivity index (χ0) is 20.8. The summed E-state index contributed by atoms with van der Waals surface area (Å²) in [5, 5.41) is 0. The minimum absolute atomic E-state index is 0.0851. The molecule has 1 unspecified atom stereocenters. The maximum atomic E-state index is 13.1. The molecule has 0 radical (unpaired) electrons. The first kappa shape index (κ1) is 20.1. The number of benzene rings is 2. The fourth-order valence-electron chi connectivity index (χ4n) is 3.10. The van der Waals surface area contributed by atoms with Crippen LogP contribution in [0.5, 0.6) is 5.75 Å². The molecule has 0 aliphatic carbocycles. The quantitative estimate of drug-likeness (QED) is 0.573. The summed E-state index contributed by atoms with van der Waals surface area (Å²) in [5.74, 6) is 0.130. The smallest absolute Gasteiger partial charge is 0.332 e.